The molecule has 0 saturated carbocycles. The maximum absolute atomic E-state index is 5.54. The first-order valence-electron chi connectivity index (χ1n) is 11.6. The van der Waals surface area contributed by atoms with Crippen LogP contribution in [0.1, 0.15) is 26.2 Å². The lowest BCUT2D eigenvalue weighted by atomic mass is 10.1. The highest BCUT2D eigenvalue weighted by atomic mass is 32.2. The van der Waals surface area contributed by atoms with E-state index in [1.165, 1.54) is 29.0 Å². The number of nitrogens with two attached hydrogens (primary N) is 1. The van der Waals surface area contributed by atoms with E-state index >= 15 is 0 Å². The van der Waals surface area contributed by atoms with Crippen molar-refractivity contribution >= 4 is 30.3 Å². The number of rotatable bonds is 10. The SMILES string of the molecule is COCC1CCCN1[NH2+]C(C1=C(P(c2ccccc2)c2ccccc2)CC=C1)C(C)SC. The largest absolute Gasteiger partial charge is 0.383 e. The monoisotopic (exact) mass is 467 g/mol. The Bertz CT molecular complexity index is 878. The van der Waals surface area contributed by atoms with E-state index in [0.717, 1.165) is 19.6 Å². The van der Waals surface area contributed by atoms with Gasteiger partial charge in [-0.05, 0) is 56.3 Å². The fourth-order valence-electron chi connectivity index (χ4n) is 4.88. The van der Waals surface area contributed by atoms with Crippen LogP contribution in [0.3, 0.4) is 0 Å². The average molecular weight is 468 g/mol. The van der Waals surface area contributed by atoms with Crippen LogP contribution in [0.2, 0.25) is 0 Å². The topological polar surface area (TPSA) is 29.1 Å². The number of nitrogens with zero attached hydrogens (tertiary/aromatic N) is 1. The summed E-state index contributed by atoms with van der Waals surface area (Å²) in [5.74, 6) is 0. The molecule has 0 amide bonds. The van der Waals surface area contributed by atoms with E-state index in [0.29, 0.717) is 17.3 Å². The molecule has 5 heteroatoms. The summed E-state index contributed by atoms with van der Waals surface area (Å²) >= 11 is 1.97. The molecule has 1 saturated heterocycles. The van der Waals surface area contributed by atoms with Crippen LogP contribution in [0, 0.1) is 0 Å². The molecule has 170 valence electrons. The third kappa shape index (κ3) is 5.38. The van der Waals surface area contributed by atoms with Crippen LogP contribution >= 0.6 is 19.7 Å². The van der Waals surface area contributed by atoms with Gasteiger partial charge in [-0.25, -0.2) is 0 Å². The van der Waals surface area contributed by atoms with E-state index in [-0.39, 0.29) is 0 Å². The molecule has 3 nitrogen and oxygen atoms in total. The van der Waals surface area contributed by atoms with E-state index in [9.17, 15) is 0 Å². The van der Waals surface area contributed by atoms with E-state index in [4.69, 9.17) is 4.74 Å². The second-order valence-corrected chi connectivity index (χ2v) is 12.1. The first-order chi connectivity index (χ1) is 15.7. The Balaban J connectivity index is 1.73. The van der Waals surface area contributed by atoms with Gasteiger partial charge in [0.25, 0.3) is 0 Å². The van der Waals surface area contributed by atoms with E-state index in [1.54, 1.807) is 5.31 Å². The van der Waals surface area contributed by atoms with Crippen LogP contribution < -0.4 is 16.0 Å². The summed E-state index contributed by atoms with van der Waals surface area (Å²) in [4.78, 5) is 0. The Labute approximate surface area is 199 Å². The lowest BCUT2D eigenvalue weighted by Crippen LogP contribution is -3.00. The number of hydrogen-bond acceptors (Lipinski definition) is 3. The number of ether oxygens (including phenoxy) is 1. The minimum Gasteiger partial charge on any atom is -0.383 e. The second-order valence-electron chi connectivity index (χ2n) is 8.62. The first kappa shape index (κ1) is 23.7. The standard InChI is InChI=1S/C27H35N2OPS/c1-21(32-3)27(28-29-19-11-12-22(29)20-30-2)25-17-10-18-26(25)31(23-13-6-4-7-14-23)24-15-8-5-9-16-24/h4-10,13-17,21-22,27-28H,11-12,18-20H2,1-3H3/p+1. The van der Waals surface area contributed by atoms with Gasteiger partial charge in [-0.15, -0.1) is 0 Å². The van der Waals surface area contributed by atoms with Gasteiger partial charge >= 0.3 is 0 Å². The highest BCUT2D eigenvalue weighted by Crippen LogP contribution is 2.49. The minimum atomic E-state index is -0.545. The normalized spacial score (nSPS) is 20.9. The highest BCUT2D eigenvalue weighted by molar-refractivity contribution is 7.99. The maximum atomic E-state index is 5.54. The summed E-state index contributed by atoms with van der Waals surface area (Å²) < 4.78 is 5.54. The molecule has 1 aliphatic carbocycles. The van der Waals surface area contributed by atoms with Crippen LogP contribution in [0.4, 0.5) is 0 Å². The summed E-state index contributed by atoms with van der Waals surface area (Å²) in [5.41, 5.74) is 4.08. The van der Waals surface area contributed by atoms with Crippen LogP contribution in [-0.2, 0) is 4.74 Å². The van der Waals surface area contributed by atoms with Gasteiger partial charge in [0, 0.05) is 19.2 Å². The zero-order chi connectivity index (χ0) is 22.3. The molecule has 0 radical (unpaired) electrons. The molecular weight excluding hydrogens is 431 g/mol. The van der Waals surface area contributed by atoms with E-state index < -0.39 is 7.92 Å². The number of allylic oxidation sites excluding steroid dienone is 2. The van der Waals surface area contributed by atoms with Gasteiger partial charge in [-0.2, -0.15) is 16.8 Å². The summed E-state index contributed by atoms with van der Waals surface area (Å²) in [6, 6.07) is 23.2. The van der Waals surface area contributed by atoms with Crippen molar-refractivity contribution in [1.82, 2.24) is 5.01 Å². The lowest BCUT2D eigenvalue weighted by Gasteiger charge is -2.31. The number of hydrogen-bond donors (Lipinski definition) is 1. The third-order valence-electron chi connectivity index (χ3n) is 6.61. The van der Waals surface area contributed by atoms with Crippen molar-refractivity contribution in [3.05, 3.63) is 83.7 Å². The Hall–Kier alpha value is -1.42. The molecule has 3 unspecified atom stereocenters. The van der Waals surface area contributed by atoms with Gasteiger partial charge in [0.15, 0.2) is 0 Å². The zero-order valence-corrected chi connectivity index (χ0v) is 21.2. The molecule has 0 aromatic heterocycles. The number of quaternary nitrogens is 1. The van der Waals surface area contributed by atoms with Crippen molar-refractivity contribution in [2.45, 2.75) is 43.5 Å². The van der Waals surface area contributed by atoms with Gasteiger partial charge in [-0.3, -0.25) is 5.43 Å². The molecule has 4 rings (SSSR count). The Morgan fingerprint density at radius 1 is 1.09 bits per heavy atom. The molecule has 1 aliphatic heterocycles. The summed E-state index contributed by atoms with van der Waals surface area (Å²) in [5, 5.41) is 7.60. The summed E-state index contributed by atoms with van der Waals surface area (Å²) in [7, 11) is 1.28. The lowest BCUT2D eigenvalue weighted by molar-refractivity contribution is -0.826. The molecular formula is C27H36N2OPS+. The zero-order valence-electron chi connectivity index (χ0n) is 19.5. The Kier molecular flexibility index (Phi) is 8.62. The average Bonchev–Trinajstić information content (AvgIpc) is 3.48. The fraction of sp³-hybridized carbons (Fsp3) is 0.407. The molecule has 2 aliphatic rings. The molecule has 2 aromatic rings. The summed E-state index contributed by atoms with van der Waals surface area (Å²) in [6.45, 7) is 4.35. The van der Waals surface area contributed by atoms with Gasteiger partial charge in [-0.1, -0.05) is 72.8 Å². The van der Waals surface area contributed by atoms with Crippen molar-refractivity contribution in [3.63, 3.8) is 0 Å². The van der Waals surface area contributed by atoms with Crippen molar-refractivity contribution < 1.29 is 10.2 Å². The molecule has 1 heterocycles. The predicted octanol–water partition coefficient (Wildman–Crippen LogP) is 4.04. The molecule has 1 fully saturated rings. The number of thioether (sulfide) groups is 1. The van der Waals surface area contributed by atoms with Crippen molar-refractivity contribution in [3.8, 4) is 0 Å². The van der Waals surface area contributed by atoms with Crippen LogP contribution in [-0.4, -0.2) is 48.9 Å². The number of methoxy groups -OCH3 is 1. The highest BCUT2D eigenvalue weighted by Gasteiger charge is 2.36. The second kappa shape index (κ2) is 11.6. The van der Waals surface area contributed by atoms with E-state index in [2.05, 4.69) is 96.4 Å². The van der Waals surface area contributed by atoms with Gasteiger partial charge in [0.2, 0.25) is 0 Å². The van der Waals surface area contributed by atoms with Crippen LogP contribution in [0.5, 0.6) is 0 Å². The van der Waals surface area contributed by atoms with Crippen LogP contribution in [0.15, 0.2) is 83.7 Å². The fourth-order valence-corrected chi connectivity index (χ4v) is 8.03. The summed E-state index contributed by atoms with van der Waals surface area (Å²) in [6.07, 6.45) is 10.6. The maximum Gasteiger partial charge on any atom is 0.141 e. The molecule has 2 N–H and O–H groups in total. The number of benzene rings is 2. The van der Waals surface area contributed by atoms with Gasteiger partial charge in [0.1, 0.15) is 6.04 Å². The Morgan fingerprint density at radius 3 is 2.34 bits per heavy atom. The van der Waals surface area contributed by atoms with Crippen molar-refractivity contribution in [2.24, 2.45) is 0 Å². The van der Waals surface area contributed by atoms with Crippen molar-refractivity contribution in [2.75, 3.05) is 26.5 Å². The Morgan fingerprint density at radius 2 is 1.75 bits per heavy atom. The van der Waals surface area contributed by atoms with Crippen molar-refractivity contribution in [1.29, 1.82) is 0 Å². The smallest absolute Gasteiger partial charge is 0.141 e. The predicted molar refractivity (Wildman–Crippen MR) is 140 cm³/mol. The molecule has 0 bridgehead atoms. The van der Waals surface area contributed by atoms with Crippen LogP contribution in [0.25, 0.3) is 0 Å². The quantitative estimate of drug-likeness (QED) is 0.422. The molecule has 2 aromatic carbocycles. The minimum absolute atomic E-state index is 0.411. The molecule has 0 spiro atoms. The molecule has 3 atom stereocenters. The first-order valence-corrected chi connectivity index (χ1v) is 14.3. The van der Waals surface area contributed by atoms with E-state index in [1.807, 2.05) is 18.9 Å². The molecule has 32 heavy (non-hydrogen) atoms. The van der Waals surface area contributed by atoms with Gasteiger partial charge in [0.05, 0.1) is 17.9 Å². The van der Waals surface area contributed by atoms with Gasteiger partial charge < -0.3 is 4.74 Å². The third-order valence-corrected chi connectivity index (χ3v) is 10.3.